The summed E-state index contributed by atoms with van der Waals surface area (Å²) in [6.07, 6.45) is 0. The molecule has 3 N–H and O–H groups in total. The number of rotatable bonds is 3. The van der Waals surface area contributed by atoms with Gasteiger partial charge in [0.1, 0.15) is 0 Å². The molecular weight excluding hydrogens is 190 g/mol. The zero-order valence-electron chi connectivity index (χ0n) is 6.91. The Labute approximate surface area is 78.4 Å². The second-order valence-electron chi connectivity index (χ2n) is 2.59. The fraction of sp³-hybridized carbons (Fsp3) is 0.125. The van der Waals surface area contributed by atoms with Gasteiger partial charge in [-0.1, -0.05) is 6.07 Å². The van der Waals surface area contributed by atoms with Crippen LogP contribution in [0.1, 0.15) is 11.6 Å². The molecule has 1 rings (SSSR count). The van der Waals surface area contributed by atoms with Gasteiger partial charge in [0.15, 0.2) is 11.5 Å². The first-order chi connectivity index (χ1) is 6.56. The van der Waals surface area contributed by atoms with E-state index in [-0.39, 0.29) is 11.3 Å². The molecule has 74 valence electrons. The van der Waals surface area contributed by atoms with Crippen molar-refractivity contribution in [3.8, 4) is 11.5 Å². The molecule has 0 amide bonds. The summed E-state index contributed by atoms with van der Waals surface area (Å²) in [4.78, 5) is 20.7. The predicted octanol–water partition coefficient (Wildman–Crippen LogP) is 0.990. The molecule has 1 atom stereocenters. The summed E-state index contributed by atoms with van der Waals surface area (Å²) in [5.41, 5.74) is 0.0165. The maximum atomic E-state index is 10.5. The van der Waals surface area contributed by atoms with E-state index in [1.807, 2.05) is 0 Å². The standard InChI is InChI=1S/C8H7NO5/c10-5-2-1-4(3-6(5)11)7(9-14)8(12)13/h1-3,7,10-11H,(H,12,13). The van der Waals surface area contributed by atoms with Gasteiger partial charge in [-0.3, -0.25) is 0 Å². The molecule has 6 heteroatoms. The molecule has 0 aromatic heterocycles. The Hall–Kier alpha value is -2.11. The molecule has 1 unspecified atom stereocenters. The van der Waals surface area contributed by atoms with Crippen LogP contribution in [-0.4, -0.2) is 21.3 Å². The highest BCUT2D eigenvalue weighted by Gasteiger charge is 2.21. The quantitative estimate of drug-likeness (QED) is 0.494. The van der Waals surface area contributed by atoms with Crippen molar-refractivity contribution in [3.63, 3.8) is 0 Å². The topological polar surface area (TPSA) is 107 Å². The van der Waals surface area contributed by atoms with Crippen LogP contribution in [0.4, 0.5) is 0 Å². The highest BCUT2D eigenvalue weighted by Crippen LogP contribution is 2.29. The number of aromatic hydroxyl groups is 2. The second-order valence-corrected chi connectivity index (χ2v) is 2.59. The summed E-state index contributed by atoms with van der Waals surface area (Å²) < 4.78 is 0. The monoisotopic (exact) mass is 197 g/mol. The van der Waals surface area contributed by atoms with E-state index in [1.54, 1.807) is 0 Å². The van der Waals surface area contributed by atoms with E-state index in [2.05, 4.69) is 5.18 Å². The number of phenols is 2. The lowest BCUT2D eigenvalue weighted by Gasteiger charge is -2.05. The maximum Gasteiger partial charge on any atom is 0.336 e. The fourth-order valence-electron chi connectivity index (χ4n) is 0.959. The molecule has 0 bridgehead atoms. The van der Waals surface area contributed by atoms with Gasteiger partial charge in [-0.25, -0.2) is 4.79 Å². The minimum Gasteiger partial charge on any atom is -0.504 e. The Bertz CT molecular complexity index is 376. The Morgan fingerprint density at radius 3 is 2.36 bits per heavy atom. The zero-order valence-corrected chi connectivity index (χ0v) is 6.91. The highest BCUT2D eigenvalue weighted by atomic mass is 16.4. The lowest BCUT2D eigenvalue weighted by atomic mass is 10.1. The molecule has 0 saturated heterocycles. The van der Waals surface area contributed by atoms with Crippen LogP contribution in [-0.2, 0) is 4.79 Å². The van der Waals surface area contributed by atoms with Gasteiger partial charge in [-0.2, -0.15) is 0 Å². The van der Waals surface area contributed by atoms with Crippen molar-refractivity contribution in [2.45, 2.75) is 6.04 Å². The first-order valence-corrected chi connectivity index (χ1v) is 3.63. The Balaban J connectivity index is 3.12. The van der Waals surface area contributed by atoms with Crippen LogP contribution in [0.25, 0.3) is 0 Å². The molecule has 0 aliphatic rings. The van der Waals surface area contributed by atoms with Gasteiger partial charge in [-0.15, -0.1) is 4.91 Å². The average Bonchev–Trinajstić information content (AvgIpc) is 2.11. The van der Waals surface area contributed by atoms with E-state index in [0.717, 1.165) is 12.1 Å². The highest BCUT2D eigenvalue weighted by molar-refractivity contribution is 5.76. The number of carboxylic acid groups (broad SMARTS) is 1. The number of carbonyl (C=O) groups is 1. The minimum atomic E-state index is -1.57. The molecule has 0 aliphatic heterocycles. The van der Waals surface area contributed by atoms with Gasteiger partial charge in [0.05, 0.1) is 0 Å². The summed E-state index contributed by atoms with van der Waals surface area (Å²) >= 11 is 0. The zero-order chi connectivity index (χ0) is 10.7. The van der Waals surface area contributed by atoms with Gasteiger partial charge in [-0.05, 0) is 22.9 Å². The molecule has 14 heavy (non-hydrogen) atoms. The molecule has 0 aliphatic carbocycles. The Morgan fingerprint density at radius 2 is 1.93 bits per heavy atom. The molecule has 0 saturated carbocycles. The predicted molar refractivity (Wildman–Crippen MR) is 45.9 cm³/mol. The summed E-state index contributed by atoms with van der Waals surface area (Å²) in [5, 5.41) is 28.9. The van der Waals surface area contributed by atoms with Crippen LogP contribution in [0.5, 0.6) is 11.5 Å². The Kier molecular flexibility index (Phi) is 2.66. The largest absolute Gasteiger partial charge is 0.504 e. The van der Waals surface area contributed by atoms with Crippen LogP contribution in [0.2, 0.25) is 0 Å². The SMILES string of the molecule is O=NC(C(=O)O)c1ccc(O)c(O)c1. The third-order valence-electron chi connectivity index (χ3n) is 1.65. The van der Waals surface area contributed by atoms with Crippen molar-refractivity contribution in [3.05, 3.63) is 28.7 Å². The van der Waals surface area contributed by atoms with Gasteiger partial charge >= 0.3 is 5.97 Å². The number of nitrogens with zero attached hydrogens (tertiary/aromatic N) is 1. The van der Waals surface area contributed by atoms with E-state index in [1.165, 1.54) is 6.07 Å². The van der Waals surface area contributed by atoms with Crippen LogP contribution < -0.4 is 0 Å². The molecule has 1 aromatic carbocycles. The maximum absolute atomic E-state index is 10.5. The van der Waals surface area contributed by atoms with Crippen molar-refractivity contribution in [2.75, 3.05) is 0 Å². The van der Waals surface area contributed by atoms with Crippen LogP contribution in [0.15, 0.2) is 23.4 Å². The number of hydrogen-bond acceptors (Lipinski definition) is 5. The van der Waals surface area contributed by atoms with Gasteiger partial charge in [0.25, 0.3) is 0 Å². The van der Waals surface area contributed by atoms with Crippen molar-refractivity contribution in [1.29, 1.82) is 0 Å². The van der Waals surface area contributed by atoms with Crippen molar-refractivity contribution in [1.82, 2.24) is 0 Å². The average molecular weight is 197 g/mol. The first kappa shape index (κ1) is 9.97. The number of hydrogen-bond donors (Lipinski definition) is 3. The van der Waals surface area contributed by atoms with Crippen molar-refractivity contribution >= 4 is 5.97 Å². The summed E-state index contributed by atoms with van der Waals surface area (Å²) in [5.74, 6) is -2.29. The minimum absolute atomic E-state index is 0.0165. The number of phenolic OH excluding ortho intramolecular Hbond substituents is 2. The molecular formula is C8H7NO5. The normalized spacial score (nSPS) is 12.0. The third kappa shape index (κ3) is 1.79. The molecule has 0 heterocycles. The van der Waals surface area contributed by atoms with Crippen LogP contribution >= 0.6 is 0 Å². The van der Waals surface area contributed by atoms with Gasteiger partial charge in [0, 0.05) is 0 Å². The smallest absolute Gasteiger partial charge is 0.336 e. The molecule has 0 fully saturated rings. The number of benzene rings is 1. The van der Waals surface area contributed by atoms with Gasteiger partial charge < -0.3 is 15.3 Å². The van der Waals surface area contributed by atoms with Crippen LogP contribution in [0.3, 0.4) is 0 Å². The lowest BCUT2D eigenvalue weighted by Crippen LogP contribution is -2.08. The van der Waals surface area contributed by atoms with Crippen molar-refractivity contribution < 1.29 is 20.1 Å². The summed E-state index contributed by atoms with van der Waals surface area (Å²) in [6, 6.07) is 1.71. The number of nitroso groups, excluding NO2 is 1. The summed E-state index contributed by atoms with van der Waals surface area (Å²) in [6.45, 7) is 0. The third-order valence-corrected chi connectivity index (χ3v) is 1.65. The first-order valence-electron chi connectivity index (χ1n) is 3.63. The van der Waals surface area contributed by atoms with Crippen LogP contribution in [0, 0.1) is 4.91 Å². The van der Waals surface area contributed by atoms with Crippen molar-refractivity contribution in [2.24, 2.45) is 5.18 Å². The van der Waals surface area contributed by atoms with E-state index >= 15 is 0 Å². The molecule has 0 radical (unpaired) electrons. The van der Waals surface area contributed by atoms with E-state index < -0.39 is 17.8 Å². The number of aliphatic carboxylic acids is 1. The molecule has 6 nitrogen and oxygen atoms in total. The molecule has 1 aromatic rings. The van der Waals surface area contributed by atoms with Gasteiger partial charge in [0.2, 0.25) is 6.04 Å². The Morgan fingerprint density at radius 1 is 1.29 bits per heavy atom. The lowest BCUT2D eigenvalue weighted by molar-refractivity contribution is -0.138. The fourth-order valence-corrected chi connectivity index (χ4v) is 0.959. The molecule has 0 spiro atoms. The number of carboxylic acids is 1. The summed E-state index contributed by atoms with van der Waals surface area (Å²) in [7, 11) is 0. The van der Waals surface area contributed by atoms with E-state index in [9.17, 15) is 9.70 Å². The van der Waals surface area contributed by atoms with E-state index in [0.29, 0.717) is 0 Å². The van der Waals surface area contributed by atoms with E-state index in [4.69, 9.17) is 15.3 Å². The second kappa shape index (κ2) is 3.73.